The number of benzene rings is 1. The maximum absolute atomic E-state index is 12.5. The third-order valence-electron chi connectivity index (χ3n) is 5.10. The van der Waals surface area contributed by atoms with E-state index < -0.39 is 12.0 Å². The first-order valence-electron chi connectivity index (χ1n) is 9.25. The molecular weight excluding hydrogens is 330 g/mol. The van der Waals surface area contributed by atoms with E-state index in [-0.39, 0.29) is 18.7 Å². The number of rotatable bonds is 8. The van der Waals surface area contributed by atoms with Crippen molar-refractivity contribution in [3.63, 3.8) is 0 Å². The monoisotopic (exact) mass is 355 g/mol. The summed E-state index contributed by atoms with van der Waals surface area (Å²) in [5, 5.41) is 12.2. The van der Waals surface area contributed by atoms with Gasteiger partial charge in [0.2, 0.25) is 0 Å². The normalized spacial score (nSPS) is 16.3. The van der Waals surface area contributed by atoms with Gasteiger partial charge in [0, 0.05) is 12.0 Å². The molecule has 1 atom stereocenters. The number of carboxylic acids is 1. The van der Waals surface area contributed by atoms with Gasteiger partial charge < -0.3 is 9.52 Å². The molecular formula is C21H25NO4. The van der Waals surface area contributed by atoms with Crippen LogP contribution >= 0.6 is 0 Å². The Bertz CT molecular complexity index is 715. The predicted molar refractivity (Wildman–Crippen MR) is 98.2 cm³/mol. The Balaban J connectivity index is 1.58. The van der Waals surface area contributed by atoms with Crippen LogP contribution in [0, 0.1) is 0 Å². The molecule has 0 saturated heterocycles. The molecule has 2 aromatic rings. The molecule has 0 spiro atoms. The molecule has 1 aromatic carbocycles. The Morgan fingerprint density at radius 2 is 1.85 bits per heavy atom. The van der Waals surface area contributed by atoms with Crippen molar-refractivity contribution in [3.05, 3.63) is 59.5 Å². The summed E-state index contributed by atoms with van der Waals surface area (Å²) in [6.45, 7) is 0.276. The Morgan fingerprint density at radius 1 is 1.12 bits per heavy atom. The molecule has 0 amide bonds. The number of Topliss-reactive ketones (excluding diaryl/α,β-unsaturated/α-hetero) is 1. The molecule has 1 aliphatic rings. The van der Waals surface area contributed by atoms with Crippen molar-refractivity contribution in [1.29, 1.82) is 0 Å². The van der Waals surface area contributed by atoms with Crippen LogP contribution in [0.5, 0.6) is 0 Å². The number of hydrogen-bond acceptors (Lipinski definition) is 4. The zero-order chi connectivity index (χ0) is 18.4. The van der Waals surface area contributed by atoms with Gasteiger partial charge in [-0.15, -0.1) is 0 Å². The summed E-state index contributed by atoms with van der Waals surface area (Å²) in [5.41, 5.74) is 1.85. The minimum Gasteiger partial charge on any atom is -0.480 e. The van der Waals surface area contributed by atoms with Crippen LogP contribution in [-0.2, 0) is 11.3 Å². The minimum absolute atomic E-state index is 0.0845. The molecule has 5 nitrogen and oxygen atoms in total. The summed E-state index contributed by atoms with van der Waals surface area (Å²) in [7, 11) is 0. The van der Waals surface area contributed by atoms with E-state index >= 15 is 0 Å². The van der Waals surface area contributed by atoms with Gasteiger partial charge in [-0.2, -0.15) is 0 Å². The van der Waals surface area contributed by atoms with Gasteiger partial charge in [-0.3, -0.25) is 14.9 Å². The van der Waals surface area contributed by atoms with E-state index in [1.807, 2.05) is 24.3 Å². The third kappa shape index (κ3) is 4.82. The lowest BCUT2D eigenvalue weighted by Crippen LogP contribution is -2.38. The van der Waals surface area contributed by atoms with Crippen LogP contribution < -0.4 is 5.32 Å². The summed E-state index contributed by atoms with van der Waals surface area (Å²) >= 11 is 0. The quantitative estimate of drug-likeness (QED) is 0.696. The van der Waals surface area contributed by atoms with E-state index in [4.69, 9.17) is 4.42 Å². The van der Waals surface area contributed by atoms with Gasteiger partial charge in [-0.25, -0.2) is 0 Å². The molecule has 1 heterocycles. The minimum atomic E-state index is -1.04. The highest BCUT2D eigenvalue weighted by molar-refractivity contribution is 5.98. The van der Waals surface area contributed by atoms with Crippen LogP contribution in [0.3, 0.4) is 0 Å². The van der Waals surface area contributed by atoms with E-state index in [0.717, 1.165) is 0 Å². The van der Waals surface area contributed by atoms with Crippen LogP contribution in [0.1, 0.15) is 66.1 Å². The third-order valence-corrected chi connectivity index (χ3v) is 5.10. The van der Waals surface area contributed by atoms with Gasteiger partial charge in [0.1, 0.15) is 11.8 Å². The Morgan fingerprint density at radius 3 is 2.46 bits per heavy atom. The molecule has 0 aliphatic heterocycles. The molecule has 1 aliphatic carbocycles. The molecule has 3 rings (SSSR count). The van der Waals surface area contributed by atoms with Crippen LogP contribution in [-0.4, -0.2) is 22.9 Å². The molecule has 1 saturated carbocycles. The predicted octanol–water partition coefficient (Wildman–Crippen LogP) is 4.14. The van der Waals surface area contributed by atoms with Crippen LogP contribution in [0.2, 0.25) is 0 Å². The van der Waals surface area contributed by atoms with Crippen LogP contribution in [0.4, 0.5) is 0 Å². The number of carbonyl (C=O) groups excluding carboxylic acids is 1. The standard InChI is InChI=1S/C21H25NO4/c23-20(13-19(21(24)25)22-14-18-7-4-12-26-18)17-10-8-16(9-11-17)15-5-2-1-3-6-15/h4,7-12,15,19,22H,1-3,5-6,13-14H2,(H,24,25). The number of hydrogen-bond donors (Lipinski definition) is 2. The Labute approximate surface area is 153 Å². The number of aliphatic carboxylic acids is 1. The van der Waals surface area contributed by atoms with Crippen molar-refractivity contribution < 1.29 is 19.1 Å². The molecule has 0 radical (unpaired) electrons. The second-order valence-corrected chi connectivity index (χ2v) is 6.94. The zero-order valence-electron chi connectivity index (χ0n) is 14.8. The van der Waals surface area contributed by atoms with E-state index in [0.29, 0.717) is 17.2 Å². The fraction of sp³-hybridized carbons (Fsp3) is 0.429. The lowest BCUT2D eigenvalue weighted by atomic mass is 9.84. The maximum atomic E-state index is 12.5. The molecule has 26 heavy (non-hydrogen) atoms. The highest BCUT2D eigenvalue weighted by atomic mass is 16.4. The molecule has 1 fully saturated rings. The first-order valence-corrected chi connectivity index (χ1v) is 9.25. The molecule has 1 unspecified atom stereocenters. The number of furan rings is 1. The van der Waals surface area contributed by atoms with Crippen molar-refractivity contribution in [3.8, 4) is 0 Å². The first-order chi connectivity index (χ1) is 12.6. The first kappa shape index (κ1) is 18.4. The van der Waals surface area contributed by atoms with Crippen molar-refractivity contribution in [2.24, 2.45) is 0 Å². The van der Waals surface area contributed by atoms with E-state index in [2.05, 4.69) is 5.32 Å². The van der Waals surface area contributed by atoms with Crippen molar-refractivity contribution >= 4 is 11.8 Å². The Kier molecular flexibility index (Phi) is 6.23. The summed E-state index contributed by atoms with van der Waals surface area (Å²) < 4.78 is 5.18. The van der Waals surface area contributed by atoms with Crippen molar-refractivity contribution in [2.45, 2.75) is 57.0 Å². The van der Waals surface area contributed by atoms with Crippen molar-refractivity contribution in [2.75, 3.05) is 0 Å². The number of carbonyl (C=O) groups is 2. The summed E-state index contributed by atoms with van der Waals surface area (Å²) in [6, 6.07) is 10.3. The van der Waals surface area contributed by atoms with Crippen molar-refractivity contribution in [1.82, 2.24) is 5.32 Å². The highest BCUT2D eigenvalue weighted by Gasteiger charge is 2.22. The summed E-state index contributed by atoms with van der Waals surface area (Å²) in [5.74, 6) is 0.0263. The average Bonchev–Trinajstić information content (AvgIpc) is 3.19. The van der Waals surface area contributed by atoms with Gasteiger partial charge in [-0.05, 0) is 36.5 Å². The summed E-state index contributed by atoms with van der Waals surface area (Å²) in [6.07, 6.45) is 7.73. The highest BCUT2D eigenvalue weighted by Crippen LogP contribution is 2.32. The maximum Gasteiger partial charge on any atom is 0.321 e. The molecule has 1 aromatic heterocycles. The van der Waals surface area contributed by atoms with Gasteiger partial charge in [0.25, 0.3) is 0 Å². The molecule has 138 valence electrons. The number of ketones is 1. The second kappa shape index (κ2) is 8.81. The second-order valence-electron chi connectivity index (χ2n) is 6.94. The lowest BCUT2D eigenvalue weighted by Gasteiger charge is -2.22. The van der Waals surface area contributed by atoms with Gasteiger partial charge >= 0.3 is 5.97 Å². The fourth-order valence-electron chi connectivity index (χ4n) is 3.56. The van der Waals surface area contributed by atoms with Gasteiger partial charge in [-0.1, -0.05) is 43.5 Å². The van der Waals surface area contributed by atoms with E-state index in [1.54, 1.807) is 12.1 Å². The van der Waals surface area contributed by atoms with Gasteiger partial charge in [0.05, 0.1) is 12.8 Å². The SMILES string of the molecule is O=C(CC(NCc1ccco1)C(=O)O)c1ccc(C2CCCCC2)cc1. The Hall–Kier alpha value is -2.40. The molecule has 2 N–H and O–H groups in total. The van der Waals surface area contributed by atoms with E-state index in [1.165, 1.54) is 43.9 Å². The fourth-order valence-corrected chi connectivity index (χ4v) is 3.56. The average molecular weight is 355 g/mol. The zero-order valence-corrected chi connectivity index (χ0v) is 14.8. The molecule has 0 bridgehead atoms. The van der Waals surface area contributed by atoms with Crippen LogP contribution in [0.15, 0.2) is 47.1 Å². The van der Waals surface area contributed by atoms with Gasteiger partial charge in [0.15, 0.2) is 5.78 Å². The van der Waals surface area contributed by atoms with E-state index in [9.17, 15) is 14.7 Å². The smallest absolute Gasteiger partial charge is 0.321 e. The van der Waals surface area contributed by atoms with Crippen LogP contribution in [0.25, 0.3) is 0 Å². The summed E-state index contributed by atoms with van der Waals surface area (Å²) in [4.78, 5) is 23.9. The number of nitrogens with one attached hydrogen (secondary N) is 1. The topological polar surface area (TPSA) is 79.5 Å². The molecule has 5 heteroatoms. The number of carboxylic acid groups (broad SMARTS) is 1. The largest absolute Gasteiger partial charge is 0.480 e. The lowest BCUT2D eigenvalue weighted by molar-refractivity contribution is -0.139.